The normalized spacial score (nSPS) is 24.2. The lowest BCUT2D eigenvalue weighted by Crippen LogP contribution is -2.28. The van der Waals surface area contributed by atoms with Crippen molar-refractivity contribution in [2.75, 3.05) is 30.3 Å². The average Bonchev–Trinajstić information content (AvgIpc) is 3.12. The number of likely N-dealkylation sites (tertiary alicyclic amines) is 1. The van der Waals surface area contributed by atoms with Crippen LogP contribution in [0.1, 0.15) is 26.2 Å². The molecule has 1 unspecified atom stereocenters. The fourth-order valence-corrected chi connectivity index (χ4v) is 2.57. The first-order valence-corrected chi connectivity index (χ1v) is 6.92. The number of hydrogen-bond acceptors (Lipinski definition) is 5. The monoisotopic (exact) mass is 247 g/mol. The zero-order chi connectivity index (χ0) is 12.4. The van der Waals surface area contributed by atoms with E-state index in [0.29, 0.717) is 12.0 Å². The molecule has 2 aliphatic rings. The maximum Gasteiger partial charge on any atom is 0.224 e. The minimum absolute atomic E-state index is 0.537. The standard InChI is InChI=1S/C13H21N5/c1-2-14-13-15-7-5-12(17-13)16-10-6-8-18(9-10)11-3-4-11/h5,7,10-11H,2-4,6,8-9H2,1H3,(H2,14,15,16,17). The van der Waals surface area contributed by atoms with Crippen LogP contribution in [0.2, 0.25) is 0 Å². The maximum absolute atomic E-state index is 4.46. The van der Waals surface area contributed by atoms with Gasteiger partial charge in [-0.05, 0) is 32.3 Å². The molecule has 98 valence electrons. The van der Waals surface area contributed by atoms with Crippen molar-refractivity contribution in [3.63, 3.8) is 0 Å². The molecule has 18 heavy (non-hydrogen) atoms. The van der Waals surface area contributed by atoms with E-state index in [1.54, 1.807) is 6.20 Å². The fourth-order valence-electron chi connectivity index (χ4n) is 2.57. The summed E-state index contributed by atoms with van der Waals surface area (Å²) in [6, 6.07) is 3.36. The molecule has 1 aliphatic heterocycles. The topological polar surface area (TPSA) is 53.1 Å². The van der Waals surface area contributed by atoms with Crippen LogP contribution in [-0.4, -0.2) is 46.6 Å². The van der Waals surface area contributed by atoms with E-state index < -0.39 is 0 Å². The van der Waals surface area contributed by atoms with E-state index in [2.05, 4.69) is 25.5 Å². The number of anilines is 2. The third kappa shape index (κ3) is 2.72. The van der Waals surface area contributed by atoms with Crippen LogP contribution >= 0.6 is 0 Å². The highest BCUT2D eigenvalue weighted by atomic mass is 15.2. The Labute approximate surface area is 108 Å². The summed E-state index contributed by atoms with van der Waals surface area (Å²) < 4.78 is 0. The zero-order valence-corrected chi connectivity index (χ0v) is 10.9. The average molecular weight is 247 g/mol. The highest BCUT2D eigenvalue weighted by molar-refractivity contribution is 5.40. The van der Waals surface area contributed by atoms with Gasteiger partial charge in [0, 0.05) is 37.9 Å². The Morgan fingerprint density at radius 3 is 3.06 bits per heavy atom. The van der Waals surface area contributed by atoms with Crippen molar-refractivity contribution in [2.24, 2.45) is 0 Å². The van der Waals surface area contributed by atoms with Gasteiger partial charge in [0.25, 0.3) is 0 Å². The molecule has 2 heterocycles. The highest BCUT2D eigenvalue weighted by Crippen LogP contribution is 2.30. The van der Waals surface area contributed by atoms with Crippen LogP contribution in [0.15, 0.2) is 12.3 Å². The van der Waals surface area contributed by atoms with Gasteiger partial charge in [-0.2, -0.15) is 4.98 Å². The van der Waals surface area contributed by atoms with Crippen molar-refractivity contribution in [3.05, 3.63) is 12.3 Å². The van der Waals surface area contributed by atoms with Gasteiger partial charge in [-0.1, -0.05) is 0 Å². The second-order valence-corrected chi connectivity index (χ2v) is 5.15. The van der Waals surface area contributed by atoms with Crippen LogP contribution in [0.4, 0.5) is 11.8 Å². The first kappa shape index (κ1) is 11.7. The van der Waals surface area contributed by atoms with Crippen LogP contribution < -0.4 is 10.6 Å². The molecule has 1 aromatic rings. The summed E-state index contributed by atoms with van der Waals surface area (Å²) in [5.41, 5.74) is 0. The Kier molecular flexibility index (Phi) is 3.32. The van der Waals surface area contributed by atoms with Crippen LogP contribution in [-0.2, 0) is 0 Å². The second-order valence-electron chi connectivity index (χ2n) is 5.15. The first-order chi connectivity index (χ1) is 8.85. The van der Waals surface area contributed by atoms with E-state index in [9.17, 15) is 0 Å². The van der Waals surface area contributed by atoms with Gasteiger partial charge < -0.3 is 10.6 Å². The summed E-state index contributed by atoms with van der Waals surface area (Å²) in [6.45, 7) is 5.29. The molecule has 1 saturated heterocycles. The number of nitrogens with one attached hydrogen (secondary N) is 2. The van der Waals surface area contributed by atoms with Gasteiger partial charge in [-0.15, -0.1) is 0 Å². The maximum atomic E-state index is 4.46. The van der Waals surface area contributed by atoms with E-state index in [4.69, 9.17) is 0 Å². The SMILES string of the molecule is CCNc1nccc(NC2CCN(C3CC3)C2)n1. The molecule has 0 amide bonds. The second kappa shape index (κ2) is 5.10. The van der Waals surface area contributed by atoms with Crippen molar-refractivity contribution in [1.29, 1.82) is 0 Å². The van der Waals surface area contributed by atoms with Crippen LogP contribution in [0.25, 0.3) is 0 Å². The van der Waals surface area contributed by atoms with Crippen LogP contribution in [0.5, 0.6) is 0 Å². The molecule has 1 aromatic heterocycles. The van der Waals surface area contributed by atoms with E-state index in [1.807, 2.05) is 13.0 Å². The lowest BCUT2D eigenvalue weighted by atomic mass is 10.2. The molecule has 3 rings (SSSR count). The van der Waals surface area contributed by atoms with Crippen molar-refractivity contribution < 1.29 is 0 Å². The molecule has 1 aliphatic carbocycles. The van der Waals surface area contributed by atoms with Gasteiger partial charge in [0.1, 0.15) is 5.82 Å². The predicted octanol–water partition coefficient (Wildman–Crippen LogP) is 1.56. The van der Waals surface area contributed by atoms with Gasteiger partial charge in [-0.25, -0.2) is 4.98 Å². The minimum Gasteiger partial charge on any atom is -0.366 e. The molecule has 1 saturated carbocycles. The lowest BCUT2D eigenvalue weighted by Gasteiger charge is -2.16. The third-order valence-electron chi connectivity index (χ3n) is 3.63. The summed E-state index contributed by atoms with van der Waals surface area (Å²) in [5.74, 6) is 1.64. The highest BCUT2D eigenvalue weighted by Gasteiger charge is 2.34. The minimum atomic E-state index is 0.537. The lowest BCUT2D eigenvalue weighted by molar-refractivity contribution is 0.326. The van der Waals surface area contributed by atoms with Gasteiger partial charge in [0.2, 0.25) is 5.95 Å². The summed E-state index contributed by atoms with van der Waals surface area (Å²) >= 11 is 0. The molecule has 0 spiro atoms. The van der Waals surface area contributed by atoms with Gasteiger partial charge in [0.05, 0.1) is 0 Å². The molecule has 2 fully saturated rings. The molecule has 1 atom stereocenters. The molecule has 0 aromatic carbocycles. The number of nitrogens with zero attached hydrogens (tertiary/aromatic N) is 3. The molecular formula is C13H21N5. The van der Waals surface area contributed by atoms with Gasteiger partial charge in [-0.3, -0.25) is 4.90 Å². The van der Waals surface area contributed by atoms with Crippen LogP contribution in [0.3, 0.4) is 0 Å². The molecule has 5 heteroatoms. The third-order valence-corrected chi connectivity index (χ3v) is 3.63. The Bertz CT molecular complexity index is 404. The number of rotatable bonds is 5. The van der Waals surface area contributed by atoms with E-state index in [-0.39, 0.29) is 0 Å². The van der Waals surface area contributed by atoms with E-state index in [0.717, 1.165) is 24.9 Å². The zero-order valence-electron chi connectivity index (χ0n) is 10.9. The van der Waals surface area contributed by atoms with Crippen molar-refractivity contribution in [3.8, 4) is 0 Å². The van der Waals surface area contributed by atoms with E-state index in [1.165, 1.54) is 25.8 Å². The Balaban J connectivity index is 1.57. The predicted molar refractivity (Wildman–Crippen MR) is 72.8 cm³/mol. The Morgan fingerprint density at radius 2 is 2.28 bits per heavy atom. The summed E-state index contributed by atoms with van der Waals surface area (Å²) in [6.07, 6.45) is 5.81. The van der Waals surface area contributed by atoms with Crippen molar-refractivity contribution in [2.45, 2.75) is 38.3 Å². The largest absolute Gasteiger partial charge is 0.366 e. The van der Waals surface area contributed by atoms with Gasteiger partial charge in [0.15, 0.2) is 0 Å². The Morgan fingerprint density at radius 1 is 1.39 bits per heavy atom. The molecule has 5 nitrogen and oxygen atoms in total. The molecule has 0 radical (unpaired) electrons. The Hall–Kier alpha value is -1.36. The summed E-state index contributed by atoms with van der Waals surface area (Å²) in [4.78, 5) is 11.2. The summed E-state index contributed by atoms with van der Waals surface area (Å²) in [7, 11) is 0. The number of hydrogen-bond donors (Lipinski definition) is 2. The molecular weight excluding hydrogens is 226 g/mol. The summed E-state index contributed by atoms with van der Waals surface area (Å²) in [5, 5.41) is 6.66. The van der Waals surface area contributed by atoms with Crippen molar-refractivity contribution in [1.82, 2.24) is 14.9 Å². The van der Waals surface area contributed by atoms with Crippen LogP contribution in [0, 0.1) is 0 Å². The fraction of sp³-hybridized carbons (Fsp3) is 0.692. The van der Waals surface area contributed by atoms with E-state index >= 15 is 0 Å². The molecule has 0 bridgehead atoms. The van der Waals surface area contributed by atoms with Crippen molar-refractivity contribution >= 4 is 11.8 Å². The first-order valence-electron chi connectivity index (χ1n) is 6.92. The van der Waals surface area contributed by atoms with Gasteiger partial charge >= 0.3 is 0 Å². The number of aromatic nitrogens is 2. The smallest absolute Gasteiger partial charge is 0.224 e. The molecule has 2 N–H and O–H groups in total. The quantitative estimate of drug-likeness (QED) is 0.827.